The number of benzene rings is 1. The molecule has 0 radical (unpaired) electrons. The number of aliphatic carboxylic acids is 1. The van der Waals surface area contributed by atoms with Crippen LogP contribution in [0.15, 0.2) is 24.3 Å². The van der Waals surface area contributed by atoms with E-state index in [1.54, 1.807) is 26.2 Å². The van der Waals surface area contributed by atoms with E-state index in [1.807, 2.05) is 19.1 Å². The zero-order valence-corrected chi connectivity index (χ0v) is 10.4. The van der Waals surface area contributed by atoms with Gasteiger partial charge in [-0.05, 0) is 19.4 Å². The second kappa shape index (κ2) is 5.80. The maximum Gasteiger partial charge on any atom is 0.340 e. The number of carbonyl (C=O) groups is 1. The van der Waals surface area contributed by atoms with Gasteiger partial charge in [0.05, 0.1) is 13.2 Å². The molecule has 0 amide bonds. The first kappa shape index (κ1) is 13.7. The summed E-state index contributed by atoms with van der Waals surface area (Å²) in [6, 6.07) is 7.29. The number of hydrogen-bond acceptors (Lipinski definition) is 3. The molecule has 1 aromatic rings. The predicted octanol–water partition coefficient (Wildman–Crippen LogP) is 1.96. The maximum atomic E-state index is 11.3. The molecule has 0 aliphatic heterocycles. The van der Waals surface area contributed by atoms with Crippen LogP contribution in [0.5, 0.6) is 0 Å². The van der Waals surface area contributed by atoms with E-state index in [0.29, 0.717) is 12.2 Å². The van der Waals surface area contributed by atoms with Crippen LogP contribution in [0.2, 0.25) is 0 Å². The lowest BCUT2D eigenvalue weighted by molar-refractivity contribution is -0.166. The third-order valence-electron chi connectivity index (χ3n) is 2.69. The number of rotatable bonds is 6. The Balaban J connectivity index is 2.90. The molecule has 17 heavy (non-hydrogen) atoms. The summed E-state index contributed by atoms with van der Waals surface area (Å²) in [4.78, 5) is 11.3. The molecule has 0 saturated heterocycles. The Morgan fingerprint density at radius 2 is 1.88 bits per heavy atom. The fourth-order valence-electron chi connectivity index (χ4n) is 1.47. The summed E-state index contributed by atoms with van der Waals surface area (Å²) in [6.45, 7) is 4.12. The van der Waals surface area contributed by atoms with Crippen molar-refractivity contribution < 1.29 is 19.4 Å². The third kappa shape index (κ3) is 3.28. The van der Waals surface area contributed by atoms with Gasteiger partial charge in [0.25, 0.3) is 0 Å². The van der Waals surface area contributed by atoms with Crippen LogP contribution in [0.3, 0.4) is 0 Å². The number of methoxy groups -OCH3 is 1. The largest absolute Gasteiger partial charge is 0.479 e. The van der Waals surface area contributed by atoms with Crippen LogP contribution < -0.4 is 0 Å². The normalized spacial score (nSPS) is 14.3. The smallest absolute Gasteiger partial charge is 0.340 e. The second-order valence-corrected chi connectivity index (χ2v) is 4.05. The van der Waals surface area contributed by atoms with Gasteiger partial charge in [0.1, 0.15) is 0 Å². The van der Waals surface area contributed by atoms with Crippen LogP contribution in [0.4, 0.5) is 0 Å². The van der Waals surface area contributed by atoms with E-state index >= 15 is 0 Å². The first-order valence-electron chi connectivity index (χ1n) is 5.44. The molecule has 0 aliphatic rings. The number of hydrogen-bond donors (Lipinski definition) is 1. The molecule has 1 rings (SSSR count). The van der Waals surface area contributed by atoms with Gasteiger partial charge in [0.2, 0.25) is 0 Å². The van der Waals surface area contributed by atoms with Gasteiger partial charge >= 0.3 is 5.97 Å². The van der Waals surface area contributed by atoms with E-state index in [4.69, 9.17) is 9.47 Å². The molecule has 1 atom stereocenters. The Morgan fingerprint density at radius 1 is 1.29 bits per heavy atom. The summed E-state index contributed by atoms with van der Waals surface area (Å²) in [6.07, 6.45) is 0. The molecule has 4 nitrogen and oxygen atoms in total. The number of carboxylic acids is 1. The molecular weight excluding hydrogens is 220 g/mol. The molecule has 1 N–H and O–H groups in total. The minimum atomic E-state index is -1.33. The van der Waals surface area contributed by atoms with Crippen LogP contribution in [0.1, 0.15) is 18.1 Å². The minimum Gasteiger partial charge on any atom is -0.479 e. The van der Waals surface area contributed by atoms with Crippen molar-refractivity contribution in [2.45, 2.75) is 19.4 Å². The van der Waals surface area contributed by atoms with Crippen LogP contribution in [0.25, 0.3) is 0 Å². The SMILES string of the molecule is COCCOC(C)(C(=O)O)c1ccc(C)cc1. The summed E-state index contributed by atoms with van der Waals surface area (Å²) in [5.74, 6) is -1.00. The molecule has 4 heteroatoms. The van der Waals surface area contributed by atoms with Crippen molar-refractivity contribution in [2.75, 3.05) is 20.3 Å². The van der Waals surface area contributed by atoms with Crippen molar-refractivity contribution in [3.8, 4) is 0 Å². The standard InChI is InChI=1S/C13H18O4/c1-10-4-6-11(7-5-10)13(2,12(14)15)17-9-8-16-3/h4-7H,8-9H2,1-3H3,(H,14,15). The van der Waals surface area contributed by atoms with Gasteiger partial charge in [0.15, 0.2) is 5.60 Å². The van der Waals surface area contributed by atoms with Crippen molar-refractivity contribution >= 4 is 5.97 Å². The topological polar surface area (TPSA) is 55.8 Å². The van der Waals surface area contributed by atoms with Crippen molar-refractivity contribution in [1.29, 1.82) is 0 Å². The van der Waals surface area contributed by atoms with E-state index in [9.17, 15) is 9.90 Å². The van der Waals surface area contributed by atoms with Gasteiger partial charge < -0.3 is 14.6 Å². The molecule has 1 aromatic carbocycles. The van der Waals surface area contributed by atoms with Crippen molar-refractivity contribution in [3.63, 3.8) is 0 Å². The summed E-state index contributed by atoms with van der Waals surface area (Å²) in [5.41, 5.74) is 0.386. The summed E-state index contributed by atoms with van der Waals surface area (Å²) < 4.78 is 10.3. The van der Waals surface area contributed by atoms with Gasteiger partial charge in [-0.2, -0.15) is 0 Å². The average Bonchev–Trinajstić information content (AvgIpc) is 2.29. The maximum absolute atomic E-state index is 11.3. The summed E-state index contributed by atoms with van der Waals surface area (Å²) >= 11 is 0. The monoisotopic (exact) mass is 238 g/mol. The molecule has 0 aromatic heterocycles. The van der Waals surface area contributed by atoms with Crippen molar-refractivity contribution in [2.24, 2.45) is 0 Å². The first-order chi connectivity index (χ1) is 8.00. The van der Waals surface area contributed by atoms with E-state index in [1.165, 1.54) is 0 Å². The number of carboxylic acid groups (broad SMARTS) is 1. The van der Waals surface area contributed by atoms with Gasteiger partial charge in [-0.3, -0.25) is 0 Å². The highest BCUT2D eigenvalue weighted by Gasteiger charge is 2.36. The first-order valence-corrected chi connectivity index (χ1v) is 5.44. The number of aryl methyl sites for hydroxylation is 1. The van der Waals surface area contributed by atoms with E-state index in [2.05, 4.69) is 0 Å². The van der Waals surface area contributed by atoms with Crippen LogP contribution in [0, 0.1) is 6.92 Å². The predicted molar refractivity (Wildman–Crippen MR) is 64.0 cm³/mol. The molecule has 1 unspecified atom stereocenters. The molecule has 0 bridgehead atoms. The zero-order valence-electron chi connectivity index (χ0n) is 10.4. The Morgan fingerprint density at radius 3 is 2.35 bits per heavy atom. The number of ether oxygens (including phenoxy) is 2. The fourth-order valence-corrected chi connectivity index (χ4v) is 1.47. The molecular formula is C13H18O4. The van der Waals surface area contributed by atoms with Gasteiger partial charge in [0, 0.05) is 7.11 Å². The highest BCUT2D eigenvalue weighted by atomic mass is 16.5. The molecule has 94 valence electrons. The highest BCUT2D eigenvalue weighted by molar-refractivity contribution is 5.79. The lowest BCUT2D eigenvalue weighted by atomic mass is 9.95. The Kier molecular flexibility index (Phi) is 4.66. The Hall–Kier alpha value is -1.39. The van der Waals surface area contributed by atoms with Crippen LogP contribution in [-0.4, -0.2) is 31.4 Å². The van der Waals surface area contributed by atoms with Gasteiger partial charge in [-0.15, -0.1) is 0 Å². The molecule has 0 spiro atoms. The van der Waals surface area contributed by atoms with E-state index in [0.717, 1.165) is 5.56 Å². The quantitative estimate of drug-likeness (QED) is 0.770. The lowest BCUT2D eigenvalue weighted by Gasteiger charge is -2.25. The van der Waals surface area contributed by atoms with Gasteiger partial charge in [-0.25, -0.2) is 4.79 Å². The third-order valence-corrected chi connectivity index (χ3v) is 2.69. The Bertz CT molecular complexity index is 372. The average molecular weight is 238 g/mol. The van der Waals surface area contributed by atoms with Crippen molar-refractivity contribution in [3.05, 3.63) is 35.4 Å². The lowest BCUT2D eigenvalue weighted by Crippen LogP contribution is -2.36. The fraction of sp³-hybridized carbons (Fsp3) is 0.462. The van der Waals surface area contributed by atoms with Crippen LogP contribution >= 0.6 is 0 Å². The molecule has 0 aliphatic carbocycles. The van der Waals surface area contributed by atoms with Crippen molar-refractivity contribution in [1.82, 2.24) is 0 Å². The van der Waals surface area contributed by atoms with Crippen LogP contribution in [-0.2, 0) is 19.9 Å². The molecule has 0 saturated carbocycles. The van der Waals surface area contributed by atoms with E-state index < -0.39 is 11.6 Å². The Labute approximate surface area is 101 Å². The summed E-state index contributed by atoms with van der Waals surface area (Å²) in [7, 11) is 1.55. The molecule has 0 fully saturated rings. The second-order valence-electron chi connectivity index (χ2n) is 4.05. The van der Waals surface area contributed by atoms with E-state index in [-0.39, 0.29) is 6.61 Å². The summed E-state index contributed by atoms with van der Waals surface area (Å²) in [5, 5.41) is 9.29. The van der Waals surface area contributed by atoms with Gasteiger partial charge in [-0.1, -0.05) is 29.8 Å². The highest BCUT2D eigenvalue weighted by Crippen LogP contribution is 2.26. The zero-order chi connectivity index (χ0) is 12.9. The minimum absolute atomic E-state index is 0.243. The molecule has 0 heterocycles.